The summed E-state index contributed by atoms with van der Waals surface area (Å²) in [4.78, 5) is 2.04. The highest BCUT2D eigenvalue weighted by atomic mass is 19.1. The highest BCUT2D eigenvalue weighted by Gasteiger charge is 2.09. The molecule has 1 aromatic carbocycles. The molecular formula is C14H20FN5O. The lowest BCUT2D eigenvalue weighted by Gasteiger charge is -2.16. The summed E-state index contributed by atoms with van der Waals surface area (Å²) in [6.45, 7) is 4.59. The molecule has 1 aromatic heterocycles. The number of benzene rings is 1. The lowest BCUT2D eigenvalue weighted by molar-refractivity contribution is 0.221. The third-order valence-corrected chi connectivity index (χ3v) is 3.02. The van der Waals surface area contributed by atoms with Crippen LogP contribution in [-0.4, -0.2) is 45.3 Å². The van der Waals surface area contributed by atoms with Crippen molar-refractivity contribution in [3.8, 4) is 5.75 Å². The van der Waals surface area contributed by atoms with Crippen molar-refractivity contribution in [3.05, 3.63) is 35.9 Å². The van der Waals surface area contributed by atoms with E-state index in [1.165, 1.54) is 6.07 Å². The first-order valence-electron chi connectivity index (χ1n) is 7.01. The van der Waals surface area contributed by atoms with Gasteiger partial charge in [0.2, 0.25) is 0 Å². The van der Waals surface area contributed by atoms with E-state index < -0.39 is 0 Å². The monoisotopic (exact) mass is 293 g/mol. The largest absolute Gasteiger partial charge is 0.489 e. The Kier molecular flexibility index (Phi) is 5.62. The fourth-order valence-electron chi connectivity index (χ4n) is 1.92. The first kappa shape index (κ1) is 15.4. The Morgan fingerprint density at radius 3 is 2.90 bits per heavy atom. The molecule has 0 N–H and O–H groups in total. The van der Waals surface area contributed by atoms with E-state index in [4.69, 9.17) is 4.74 Å². The van der Waals surface area contributed by atoms with Gasteiger partial charge in [-0.3, -0.25) is 4.90 Å². The van der Waals surface area contributed by atoms with Crippen LogP contribution in [0, 0.1) is 5.82 Å². The molecule has 0 aliphatic rings. The molecule has 2 aromatic rings. The second-order valence-corrected chi connectivity index (χ2v) is 4.83. The van der Waals surface area contributed by atoms with Gasteiger partial charge in [0.05, 0.1) is 6.54 Å². The zero-order chi connectivity index (χ0) is 15.1. The van der Waals surface area contributed by atoms with E-state index in [-0.39, 0.29) is 11.6 Å². The fraction of sp³-hybridized carbons (Fsp3) is 0.500. The molecule has 1 heterocycles. The minimum absolute atomic E-state index is 0.279. The van der Waals surface area contributed by atoms with Crippen LogP contribution in [0.3, 0.4) is 0 Å². The SMILES string of the molecule is CCCn1nnnc1CN(C)CCOc1ccccc1F. The predicted octanol–water partition coefficient (Wildman–Crippen LogP) is 1.73. The minimum Gasteiger partial charge on any atom is -0.489 e. The van der Waals surface area contributed by atoms with Crippen LogP contribution >= 0.6 is 0 Å². The van der Waals surface area contributed by atoms with Gasteiger partial charge in [0.1, 0.15) is 6.61 Å². The smallest absolute Gasteiger partial charge is 0.165 e. The van der Waals surface area contributed by atoms with E-state index in [9.17, 15) is 4.39 Å². The summed E-state index contributed by atoms with van der Waals surface area (Å²) in [5.41, 5.74) is 0. The molecule has 21 heavy (non-hydrogen) atoms. The quantitative estimate of drug-likeness (QED) is 0.742. The number of tetrazole rings is 1. The van der Waals surface area contributed by atoms with E-state index >= 15 is 0 Å². The summed E-state index contributed by atoms with van der Waals surface area (Å²) < 4.78 is 20.6. The van der Waals surface area contributed by atoms with Gasteiger partial charge in [-0.2, -0.15) is 0 Å². The summed E-state index contributed by atoms with van der Waals surface area (Å²) in [5.74, 6) is 0.763. The van der Waals surface area contributed by atoms with Crippen molar-refractivity contribution in [2.45, 2.75) is 26.4 Å². The van der Waals surface area contributed by atoms with Gasteiger partial charge >= 0.3 is 0 Å². The van der Waals surface area contributed by atoms with Crippen LogP contribution in [0.15, 0.2) is 24.3 Å². The Labute approximate surface area is 123 Å². The van der Waals surface area contributed by atoms with E-state index in [1.54, 1.807) is 22.9 Å². The highest BCUT2D eigenvalue weighted by molar-refractivity contribution is 5.23. The molecular weight excluding hydrogens is 273 g/mol. The second-order valence-electron chi connectivity index (χ2n) is 4.83. The lowest BCUT2D eigenvalue weighted by Crippen LogP contribution is -2.26. The number of rotatable bonds is 8. The lowest BCUT2D eigenvalue weighted by atomic mass is 10.3. The number of ether oxygens (including phenoxy) is 1. The van der Waals surface area contributed by atoms with E-state index in [1.807, 2.05) is 11.9 Å². The van der Waals surface area contributed by atoms with E-state index in [0.717, 1.165) is 18.8 Å². The first-order valence-corrected chi connectivity index (χ1v) is 7.01. The van der Waals surface area contributed by atoms with Gasteiger partial charge in [-0.1, -0.05) is 19.1 Å². The van der Waals surface area contributed by atoms with Gasteiger partial charge < -0.3 is 4.74 Å². The van der Waals surface area contributed by atoms with Gasteiger partial charge in [0, 0.05) is 13.1 Å². The summed E-state index contributed by atoms with van der Waals surface area (Å²) in [6.07, 6.45) is 0.984. The fourth-order valence-corrected chi connectivity index (χ4v) is 1.92. The molecule has 0 atom stereocenters. The van der Waals surface area contributed by atoms with Crippen molar-refractivity contribution >= 4 is 0 Å². The number of aromatic nitrogens is 4. The van der Waals surface area contributed by atoms with Gasteiger partial charge in [-0.25, -0.2) is 9.07 Å². The topological polar surface area (TPSA) is 56.1 Å². The molecule has 0 bridgehead atoms. The number of hydrogen-bond acceptors (Lipinski definition) is 5. The van der Waals surface area contributed by atoms with Crippen LogP contribution in [0.4, 0.5) is 4.39 Å². The number of para-hydroxylation sites is 1. The predicted molar refractivity (Wildman–Crippen MR) is 76.3 cm³/mol. The van der Waals surface area contributed by atoms with Crippen LogP contribution in [-0.2, 0) is 13.1 Å². The van der Waals surface area contributed by atoms with Crippen LogP contribution in [0.1, 0.15) is 19.2 Å². The zero-order valence-corrected chi connectivity index (χ0v) is 12.4. The third-order valence-electron chi connectivity index (χ3n) is 3.02. The molecule has 0 aliphatic heterocycles. The van der Waals surface area contributed by atoms with E-state index in [2.05, 4.69) is 22.4 Å². The molecule has 0 saturated heterocycles. The Bertz CT molecular complexity index is 560. The summed E-state index contributed by atoms with van der Waals surface area (Å²) in [6, 6.07) is 6.40. The Morgan fingerprint density at radius 1 is 1.33 bits per heavy atom. The molecule has 2 rings (SSSR count). The Morgan fingerprint density at radius 2 is 2.14 bits per heavy atom. The molecule has 0 spiro atoms. The van der Waals surface area contributed by atoms with Crippen molar-refractivity contribution in [2.24, 2.45) is 0 Å². The number of hydrogen-bond donors (Lipinski definition) is 0. The minimum atomic E-state index is -0.341. The maximum atomic E-state index is 13.4. The first-order chi connectivity index (χ1) is 10.2. The van der Waals surface area contributed by atoms with Gasteiger partial charge in [0.25, 0.3) is 0 Å². The van der Waals surface area contributed by atoms with Crippen LogP contribution in [0.5, 0.6) is 5.75 Å². The number of nitrogens with zero attached hydrogens (tertiary/aromatic N) is 5. The molecule has 0 aliphatic carbocycles. The van der Waals surface area contributed by atoms with Gasteiger partial charge in [0.15, 0.2) is 17.4 Å². The molecule has 0 unspecified atom stereocenters. The van der Waals surface area contributed by atoms with Crippen molar-refractivity contribution in [1.82, 2.24) is 25.1 Å². The van der Waals surface area contributed by atoms with Crippen molar-refractivity contribution in [1.29, 1.82) is 0 Å². The summed E-state index contributed by atoms with van der Waals surface area (Å²) in [7, 11) is 1.95. The number of likely N-dealkylation sites (N-methyl/N-ethyl adjacent to an activating group) is 1. The normalized spacial score (nSPS) is 11.0. The van der Waals surface area contributed by atoms with Crippen molar-refractivity contribution in [3.63, 3.8) is 0 Å². The number of halogens is 1. The molecule has 0 radical (unpaired) electrons. The van der Waals surface area contributed by atoms with Crippen LogP contribution in [0.2, 0.25) is 0 Å². The summed E-state index contributed by atoms with van der Waals surface area (Å²) in [5, 5.41) is 11.6. The maximum Gasteiger partial charge on any atom is 0.165 e. The average molecular weight is 293 g/mol. The third kappa shape index (κ3) is 4.49. The van der Waals surface area contributed by atoms with E-state index in [0.29, 0.717) is 19.7 Å². The molecule has 6 nitrogen and oxygen atoms in total. The molecule has 0 fully saturated rings. The maximum absolute atomic E-state index is 13.4. The molecule has 114 valence electrons. The molecule has 7 heteroatoms. The zero-order valence-electron chi connectivity index (χ0n) is 12.4. The summed E-state index contributed by atoms with van der Waals surface area (Å²) >= 11 is 0. The average Bonchev–Trinajstić information content (AvgIpc) is 2.89. The Balaban J connectivity index is 1.78. The highest BCUT2D eigenvalue weighted by Crippen LogP contribution is 2.15. The Hall–Kier alpha value is -2.02. The van der Waals surface area contributed by atoms with Crippen molar-refractivity contribution in [2.75, 3.05) is 20.2 Å². The second kappa shape index (κ2) is 7.68. The number of aryl methyl sites for hydroxylation is 1. The van der Waals surface area contributed by atoms with Crippen LogP contribution < -0.4 is 4.74 Å². The van der Waals surface area contributed by atoms with Gasteiger partial charge in [-0.15, -0.1) is 5.10 Å². The standard InChI is InChI=1S/C14H20FN5O/c1-3-8-20-14(16-17-18-20)11-19(2)9-10-21-13-7-5-4-6-12(13)15/h4-7H,3,8-11H2,1-2H3. The van der Waals surface area contributed by atoms with Crippen LogP contribution in [0.25, 0.3) is 0 Å². The molecule has 0 saturated carbocycles. The van der Waals surface area contributed by atoms with Gasteiger partial charge in [-0.05, 0) is 36.0 Å². The molecule has 0 amide bonds. The van der Waals surface area contributed by atoms with Crippen molar-refractivity contribution < 1.29 is 9.13 Å².